The maximum atomic E-state index is 14.9. The van der Waals surface area contributed by atoms with Crippen LogP contribution in [0.15, 0.2) is 81.6 Å². The van der Waals surface area contributed by atoms with Crippen molar-refractivity contribution in [3.8, 4) is 34.4 Å². The van der Waals surface area contributed by atoms with E-state index in [1.54, 1.807) is 50.2 Å². The molecule has 4 aromatic carbocycles. The number of oxazole rings is 2. The highest BCUT2D eigenvalue weighted by molar-refractivity contribution is 6.35. The van der Waals surface area contributed by atoms with Crippen molar-refractivity contribution in [3.63, 3.8) is 0 Å². The standard InChI is InChI=1S/2C14H10FNO2.2Al.O/c2*1-8-6-7-9(15)12(13(8)17)14-16-10-4-2-3-5-11(10)18-14;;;/h2*2-7,17H,1H3;;;/q;;2*+1;/p-2. The SMILES string of the molecule is Cc1ccc(F)c(-c2nc3ccccc3o2)c1[O][Al][O][Al][O]c1c(C)ccc(F)c1-c1nc2ccccc2o1. The van der Waals surface area contributed by atoms with Crippen LogP contribution in [0.5, 0.6) is 11.5 Å². The van der Waals surface area contributed by atoms with E-state index in [4.69, 9.17) is 19.3 Å². The van der Waals surface area contributed by atoms with E-state index in [9.17, 15) is 8.78 Å². The molecule has 7 nitrogen and oxygen atoms in total. The van der Waals surface area contributed by atoms with E-state index in [-0.39, 0.29) is 34.4 Å². The fraction of sp³-hybridized carbons (Fsp3) is 0.0714. The number of para-hydroxylation sites is 4. The van der Waals surface area contributed by atoms with Crippen molar-refractivity contribution < 1.29 is 28.0 Å². The average Bonchev–Trinajstić information content (AvgIpc) is 3.56. The predicted molar refractivity (Wildman–Crippen MR) is 142 cm³/mol. The van der Waals surface area contributed by atoms with Crippen LogP contribution in [0.3, 0.4) is 0 Å². The van der Waals surface area contributed by atoms with Gasteiger partial charge in [-0.25, -0.2) is 18.7 Å². The molecule has 2 radical (unpaired) electrons. The maximum Gasteiger partial charge on any atom is 0.743 e. The molecule has 0 saturated heterocycles. The summed E-state index contributed by atoms with van der Waals surface area (Å²) in [5, 5.41) is 0. The lowest BCUT2D eigenvalue weighted by Crippen LogP contribution is -2.17. The minimum atomic E-state index is -1.10. The summed E-state index contributed by atoms with van der Waals surface area (Å²) in [5.74, 6) is -0.246. The summed E-state index contributed by atoms with van der Waals surface area (Å²) in [6, 6.07) is 20.3. The van der Waals surface area contributed by atoms with Gasteiger partial charge in [-0.05, 0) is 61.4 Å². The summed E-state index contributed by atoms with van der Waals surface area (Å²) >= 11 is -2.19. The van der Waals surface area contributed by atoms with Gasteiger partial charge in [0.1, 0.15) is 45.3 Å². The molecule has 2 aromatic heterocycles. The number of halogens is 2. The fourth-order valence-electron chi connectivity index (χ4n) is 4.16. The van der Waals surface area contributed by atoms with Crippen molar-refractivity contribution in [1.82, 2.24) is 9.97 Å². The Balaban J connectivity index is 1.19. The summed E-state index contributed by atoms with van der Waals surface area (Å²) in [5.41, 5.74) is 3.94. The first-order chi connectivity index (χ1) is 19.0. The lowest BCUT2D eigenvalue weighted by atomic mass is 10.1. The number of aromatic nitrogens is 2. The molecule has 0 aliphatic carbocycles. The Morgan fingerprint density at radius 3 is 1.49 bits per heavy atom. The van der Waals surface area contributed by atoms with Gasteiger partial charge < -0.3 is 19.3 Å². The third kappa shape index (κ3) is 5.04. The van der Waals surface area contributed by atoms with Gasteiger partial charge in [0, 0.05) is 0 Å². The Morgan fingerprint density at radius 2 is 1.05 bits per heavy atom. The molecule has 0 N–H and O–H groups in total. The van der Waals surface area contributed by atoms with Gasteiger partial charge in [-0.3, -0.25) is 0 Å². The Hall–Kier alpha value is -3.70. The van der Waals surface area contributed by atoms with Gasteiger partial charge in [0.2, 0.25) is 11.8 Å². The molecule has 39 heavy (non-hydrogen) atoms. The molecular formula is C28H18Al2F2N2O5. The number of rotatable bonds is 8. The summed E-state index contributed by atoms with van der Waals surface area (Å²) in [6.45, 7) is 3.60. The monoisotopic (exact) mass is 554 g/mol. The predicted octanol–water partition coefficient (Wildman–Crippen LogP) is 6.74. The number of hydrogen-bond donors (Lipinski definition) is 0. The highest BCUT2D eigenvalue weighted by Crippen LogP contribution is 2.38. The Morgan fingerprint density at radius 1 is 0.615 bits per heavy atom. The van der Waals surface area contributed by atoms with E-state index in [0.717, 1.165) is 0 Å². The lowest BCUT2D eigenvalue weighted by Gasteiger charge is -2.16. The molecule has 2 heterocycles. The van der Waals surface area contributed by atoms with Crippen molar-refractivity contribution >= 4 is 54.0 Å². The summed E-state index contributed by atoms with van der Waals surface area (Å²) in [4.78, 5) is 8.83. The third-order valence-corrected chi connectivity index (χ3v) is 7.62. The van der Waals surface area contributed by atoms with Crippen LogP contribution in [0.4, 0.5) is 8.78 Å². The van der Waals surface area contributed by atoms with Gasteiger partial charge in [-0.1, -0.05) is 36.4 Å². The Bertz CT molecular complexity index is 1620. The molecule has 0 atom stereocenters. The first-order valence-corrected chi connectivity index (χ1v) is 13.8. The van der Waals surface area contributed by atoms with Crippen molar-refractivity contribution in [1.29, 1.82) is 0 Å². The molecule has 6 rings (SSSR count). The topological polar surface area (TPSA) is 79.8 Å². The molecule has 0 aliphatic heterocycles. The zero-order chi connectivity index (χ0) is 26.9. The minimum Gasteiger partial charge on any atom is -0.626 e. The zero-order valence-corrected chi connectivity index (χ0v) is 23.1. The largest absolute Gasteiger partial charge is 0.743 e. The van der Waals surface area contributed by atoms with Crippen LogP contribution in [0, 0.1) is 25.5 Å². The smallest absolute Gasteiger partial charge is 0.626 e. The molecule has 0 aliphatic rings. The number of benzene rings is 4. The van der Waals surface area contributed by atoms with Gasteiger partial charge in [-0.2, -0.15) is 0 Å². The second-order valence-corrected chi connectivity index (χ2v) is 10.6. The van der Waals surface area contributed by atoms with Crippen LogP contribution in [0.25, 0.3) is 45.1 Å². The highest BCUT2D eigenvalue weighted by atomic mass is 27.3. The Kier molecular flexibility index (Phi) is 7.10. The summed E-state index contributed by atoms with van der Waals surface area (Å²) in [6.07, 6.45) is 0. The van der Waals surface area contributed by atoms with Crippen molar-refractivity contribution in [3.05, 3.63) is 95.6 Å². The third-order valence-electron chi connectivity index (χ3n) is 6.07. The van der Waals surface area contributed by atoms with Crippen molar-refractivity contribution in [2.75, 3.05) is 0 Å². The van der Waals surface area contributed by atoms with Crippen LogP contribution < -0.4 is 7.58 Å². The Labute approximate surface area is 235 Å². The van der Waals surface area contributed by atoms with Crippen molar-refractivity contribution in [2.45, 2.75) is 13.8 Å². The van der Waals surface area contributed by atoms with Gasteiger partial charge in [0.25, 0.3) is 0 Å². The molecule has 0 spiro atoms. The van der Waals surface area contributed by atoms with Crippen LogP contribution in [0.2, 0.25) is 0 Å². The number of aryl methyl sites for hydroxylation is 2. The maximum absolute atomic E-state index is 14.9. The molecule has 0 saturated carbocycles. The second-order valence-electron chi connectivity index (χ2n) is 8.67. The highest BCUT2D eigenvalue weighted by Gasteiger charge is 2.23. The molecule has 190 valence electrons. The summed E-state index contributed by atoms with van der Waals surface area (Å²) in [7, 11) is 0. The molecule has 11 heteroatoms. The average molecular weight is 554 g/mol. The molecule has 0 unspecified atom stereocenters. The number of fused-ring (bicyclic) bond motifs is 2. The van der Waals surface area contributed by atoms with Gasteiger partial charge in [0.05, 0.1) is 0 Å². The van der Waals surface area contributed by atoms with E-state index in [1.165, 1.54) is 12.1 Å². The van der Waals surface area contributed by atoms with Gasteiger partial charge >= 0.3 is 31.8 Å². The minimum absolute atomic E-state index is 0.119. The summed E-state index contributed by atoms with van der Waals surface area (Å²) < 4.78 is 58.9. The van der Waals surface area contributed by atoms with E-state index in [0.29, 0.717) is 33.3 Å². The molecule has 0 bridgehead atoms. The number of nitrogens with zero attached hydrogens (tertiary/aromatic N) is 2. The first-order valence-electron chi connectivity index (χ1n) is 11.9. The van der Waals surface area contributed by atoms with E-state index in [1.807, 2.05) is 24.3 Å². The fourth-order valence-corrected chi connectivity index (χ4v) is 5.59. The van der Waals surface area contributed by atoms with Crippen LogP contribution in [-0.2, 0) is 2.84 Å². The molecule has 6 aromatic rings. The normalized spacial score (nSPS) is 11.2. The molecule has 0 amide bonds. The number of hydrogen-bond acceptors (Lipinski definition) is 7. The quantitative estimate of drug-likeness (QED) is 0.152. The zero-order valence-electron chi connectivity index (χ0n) is 20.8. The second kappa shape index (κ2) is 10.8. The lowest BCUT2D eigenvalue weighted by molar-refractivity contribution is 0.413. The van der Waals surface area contributed by atoms with E-state index >= 15 is 0 Å². The molecule has 0 fully saturated rings. The van der Waals surface area contributed by atoms with Crippen molar-refractivity contribution in [2.24, 2.45) is 0 Å². The van der Waals surface area contributed by atoms with E-state index < -0.39 is 43.4 Å². The first kappa shape index (κ1) is 25.6. The molecular weight excluding hydrogens is 536 g/mol. The van der Waals surface area contributed by atoms with Crippen LogP contribution >= 0.6 is 0 Å². The van der Waals surface area contributed by atoms with Crippen LogP contribution in [0.1, 0.15) is 11.1 Å². The van der Waals surface area contributed by atoms with Gasteiger partial charge in [0.15, 0.2) is 11.2 Å². The van der Waals surface area contributed by atoms with Crippen LogP contribution in [-0.4, -0.2) is 41.7 Å². The van der Waals surface area contributed by atoms with Gasteiger partial charge in [-0.15, -0.1) is 0 Å². The van der Waals surface area contributed by atoms with E-state index in [2.05, 4.69) is 9.97 Å².